The molecule has 0 aromatic carbocycles. The largest absolute Gasteiger partial charge is 0.364 e. The Morgan fingerprint density at radius 1 is 1.50 bits per heavy atom. The van der Waals surface area contributed by atoms with E-state index < -0.39 is 27.8 Å². The van der Waals surface area contributed by atoms with Crippen LogP contribution in [-0.4, -0.2) is 20.2 Å². The molecule has 9 heteroatoms. The third-order valence-corrected chi connectivity index (χ3v) is 1.66. The molecule has 0 aliphatic heterocycles. The predicted molar refractivity (Wildman–Crippen MR) is 49.9 cm³/mol. The normalized spacial score (nSPS) is 9.88. The van der Waals surface area contributed by atoms with E-state index in [4.69, 9.17) is 0 Å². The van der Waals surface area contributed by atoms with Gasteiger partial charge in [0.1, 0.15) is 6.20 Å². The third kappa shape index (κ3) is 1.97. The lowest BCUT2D eigenvalue weighted by atomic mass is 10.5. The number of rotatable bonds is 2. The Morgan fingerprint density at radius 2 is 2.06 bits per heavy atom. The van der Waals surface area contributed by atoms with Crippen molar-refractivity contribution in [3.05, 3.63) is 37.1 Å². The van der Waals surface area contributed by atoms with E-state index in [1.807, 2.05) is 0 Å². The molecule has 0 spiro atoms. The van der Waals surface area contributed by atoms with E-state index in [2.05, 4.69) is 4.84 Å². The highest BCUT2D eigenvalue weighted by Crippen LogP contribution is 1.98. The van der Waals surface area contributed by atoms with Crippen LogP contribution >= 0.6 is 0 Å². The summed E-state index contributed by atoms with van der Waals surface area (Å²) >= 11 is 0. The van der Waals surface area contributed by atoms with E-state index in [1.165, 1.54) is 0 Å². The van der Waals surface area contributed by atoms with Crippen LogP contribution in [0.25, 0.3) is 0 Å². The van der Waals surface area contributed by atoms with E-state index in [9.17, 15) is 24.5 Å². The molecule has 1 heterocycles. The first kappa shape index (κ1) is 11.6. The van der Waals surface area contributed by atoms with Crippen molar-refractivity contribution in [3.8, 4) is 0 Å². The summed E-state index contributed by atoms with van der Waals surface area (Å²) in [7, 11) is 1.04. The zero-order valence-corrected chi connectivity index (χ0v) is 8.37. The van der Waals surface area contributed by atoms with Crippen molar-refractivity contribution in [3.63, 3.8) is 0 Å². The molecular weight excluding hydrogens is 222 g/mol. The van der Waals surface area contributed by atoms with Crippen molar-refractivity contribution in [1.29, 1.82) is 0 Å². The highest BCUT2D eigenvalue weighted by atomic mass is 16.7. The van der Waals surface area contributed by atoms with Gasteiger partial charge in [0.25, 0.3) is 0 Å². The average molecular weight is 229 g/mol. The lowest BCUT2D eigenvalue weighted by Gasteiger charge is -2.04. The molecule has 16 heavy (non-hydrogen) atoms. The predicted octanol–water partition coefficient (Wildman–Crippen LogP) is -1.57. The molecule has 0 fully saturated rings. The van der Waals surface area contributed by atoms with Gasteiger partial charge in [-0.25, -0.2) is 9.59 Å². The molecule has 0 unspecified atom stereocenters. The molecule has 0 atom stereocenters. The van der Waals surface area contributed by atoms with Gasteiger partial charge < -0.3 is 4.84 Å². The monoisotopic (exact) mass is 229 g/mol. The van der Waals surface area contributed by atoms with Crippen LogP contribution in [0.15, 0.2) is 15.8 Å². The van der Waals surface area contributed by atoms with Gasteiger partial charge in [-0.1, -0.05) is 0 Å². The van der Waals surface area contributed by atoms with Gasteiger partial charge in [-0.3, -0.25) is 19.5 Å². The number of carbonyl (C=O) groups excluding carboxylic acids is 1. The first-order chi connectivity index (χ1) is 7.34. The fourth-order valence-corrected chi connectivity index (χ4v) is 0.957. The molecule has 0 N–H and O–H groups in total. The minimum absolute atomic E-state index is 0.335. The fourth-order valence-electron chi connectivity index (χ4n) is 0.957. The summed E-state index contributed by atoms with van der Waals surface area (Å²) in [5.41, 5.74) is -2.91. The Bertz CT molecular complexity index is 568. The van der Waals surface area contributed by atoms with Crippen molar-refractivity contribution in [1.82, 2.24) is 9.30 Å². The van der Waals surface area contributed by atoms with Gasteiger partial charge in [-0.05, 0) is 0 Å². The topological polar surface area (TPSA) is 113 Å². The van der Waals surface area contributed by atoms with Crippen LogP contribution in [0, 0.1) is 10.1 Å². The van der Waals surface area contributed by atoms with Crippen LogP contribution in [0.1, 0.15) is 6.92 Å². The Hall–Kier alpha value is -2.45. The molecule has 0 radical (unpaired) electrons. The Morgan fingerprint density at radius 3 is 2.50 bits per heavy atom. The van der Waals surface area contributed by atoms with Crippen LogP contribution < -0.4 is 16.1 Å². The van der Waals surface area contributed by atoms with Crippen molar-refractivity contribution < 1.29 is 14.6 Å². The summed E-state index contributed by atoms with van der Waals surface area (Å²) < 4.78 is 0.808. The van der Waals surface area contributed by atoms with E-state index in [0.29, 0.717) is 15.5 Å². The van der Waals surface area contributed by atoms with Crippen molar-refractivity contribution in [2.24, 2.45) is 7.05 Å². The standard InChI is InChI=1S/C7H7N3O6/c1-4(11)16-9-3-5(10(14)15)6(12)8(2)7(9)13/h3H,1-2H3. The van der Waals surface area contributed by atoms with Gasteiger partial charge in [0.05, 0.1) is 4.92 Å². The summed E-state index contributed by atoms with van der Waals surface area (Å²) in [5, 5.41) is 10.5. The maximum absolute atomic E-state index is 11.3. The van der Waals surface area contributed by atoms with E-state index in [0.717, 1.165) is 14.0 Å². The molecule has 1 aromatic heterocycles. The second-order valence-corrected chi connectivity index (χ2v) is 2.83. The minimum Gasteiger partial charge on any atom is -0.332 e. The summed E-state index contributed by atoms with van der Waals surface area (Å²) in [6.07, 6.45) is 0.562. The molecule has 0 saturated carbocycles. The van der Waals surface area contributed by atoms with Crippen LogP contribution in [0.3, 0.4) is 0 Å². The second-order valence-electron chi connectivity index (χ2n) is 2.83. The smallest absolute Gasteiger partial charge is 0.332 e. The molecule has 86 valence electrons. The quantitative estimate of drug-likeness (QED) is 0.447. The van der Waals surface area contributed by atoms with Gasteiger partial charge in [0, 0.05) is 14.0 Å². The first-order valence-electron chi connectivity index (χ1n) is 4.00. The molecule has 0 aliphatic carbocycles. The lowest BCUT2D eigenvalue weighted by molar-refractivity contribution is -0.387. The number of nitrogens with zero attached hydrogens (tertiary/aromatic N) is 3. The van der Waals surface area contributed by atoms with Crippen molar-refractivity contribution >= 4 is 11.7 Å². The molecule has 9 nitrogen and oxygen atoms in total. The van der Waals surface area contributed by atoms with Crippen LogP contribution in [0.5, 0.6) is 0 Å². The third-order valence-electron chi connectivity index (χ3n) is 1.66. The number of nitro groups is 1. The van der Waals surface area contributed by atoms with Gasteiger partial charge in [-0.2, -0.15) is 0 Å². The second kappa shape index (κ2) is 3.96. The van der Waals surface area contributed by atoms with Crippen LogP contribution in [0.2, 0.25) is 0 Å². The molecule has 0 aliphatic rings. The average Bonchev–Trinajstić information content (AvgIpc) is 2.18. The number of aromatic nitrogens is 2. The van der Waals surface area contributed by atoms with E-state index in [-0.39, 0.29) is 0 Å². The van der Waals surface area contributed by atoms with Crippen molar-refractivity contribution in [2.45, 2.75) is 6.92 Å². The highest BCUT2D eigenvalue weighted by molar-refractivity contribution is 5.66. The van der Waals surface area contributed by atoms with E-state index >= 15 is 0 Å². The van der Waals surface area contributed by atoms with Crippen LogP contribution in [0.4, 0.5) is 5.69 Å². The molecule has 0 amide bonds. The Balaban J connectivity index is 3.54. The Labute approximate surface area is 87.6 Å². The van der Waals surface area contributed by atoms with Gasteiger partial charge >= 0.3 is 22.9 Å². The Kier molecular flexibility index (Phi) is 2.88. The SMILES string of the molecule is CC(=O)On1cc([N+](=O)[O-])c(=O)n(C)c1=O. The molecular formula is C7H7N3O6. The van der Waals surface area contributed by atoms with Gasteiger partial charge in [0.2, 0.25) is 0 Å². The lowest BCUT2D eigenvalue weighted by Crippen LogP contribution is -2.41. The summed E-state index contributed by atoms with van der Waals surface area (Å²) in [6, 6.07) is 0. The number of carbonyl (C=O) groups is 1. The maximum Gasteiger partial charge on any atom is 0.364 e. The van der Waals surface area contributed by atoms with E-state index in [1.54, 1.807) is 0 Å². The maximum atomic E-state index is 11.3. The number of hydrogen-bond acceptors (Lipinski definition) is 6. The molecule has 1 rings (SSSR count). The summed E-state index contributed by atoms with van der Waals surface area (Å²) in [4.78, 5) is 47.0. The van der Waals surface area contributed by atoms with Crippen molar-refractivity contribution in [2.75, 3.05) is 0 Å². The highest BCUT2D eigenvalue weighted by Gasteiger charge is 2.19. The molecule has 1 aromatic rings. The molecule has 0 saturated heterocycles. The molecule has 0 bridgehead atoms. The first-order valence-corrected chi connectivity index (χ1v) is 4.00. The summed E-state index contributed by atoms with van der Waals surface area (Å²) in [6.45, 7) is 1.02. The minimum atomic E-state index is -1.07. The fraction of sp³-hybridized carbons (Fsp3) is 0.286. The zero-order valence-electron chi connectivity index (χ0n) is 8.37. The zero-order chi connectivity index (χ0) is 12.5. The summed E-state index contributed by atoms with van der Waals surface area (Å²) in [5.74, 6) is -0.838. The van der Waals surface area contributed by atoms with Gasteiger partial charge in [0.15, 0.2) is 0 Å². The number of hydrogen-bond donors (Lipinski definition) is 0. The van der Waals surface area contributed by atoms with Gasteiger partial charge in [-0.15, -0.1) is 4.73 Å². The van der Waals surface area contributed by atoms with Crippen LogP contribution in [-0.2, 0) is 11.8 Å².